The molecular formula is C21H25ClN2O. The van der Waals surface area contributed by atoms with Gasteiger partial charge in [-0.2, -0.15) is 0 Å². The van der Waals surface area contributed by atoms with Crippen molar-refractivity contribution in [1.82, 2.24) is 4.90 Å². The summed E-state index contributed by atoms with van der Waals surface area (Å²) in [5.74, 6) is -0.0910. The highest BCUT2D eigenvalue weighted by Gasteiger charge is 2.11. The van der Waals surface area contributed by atoms with E-state index in [0.29, 0.717) is 10.6 Å². The second kappa shape index (κ2) is 8.50. The average Bonchev–Trinajstić information content (AvgIpc) is 2.87. The first-order chi connectivity index (χ1) is 12.1. The maximum absolute atomic E-state index is 12.4. The maximum Gasteiger partial charge on any atom is 0.255 e. The average molecular weight is 357 g/mol. The smallest absolute Gasteiger partial charge is 0.255 e. The Kier molecular flexibility index (Phi) is 6.11. The lowest BCUT2D eigenvalue weighted by molar-refractivity contribution is 0.102. The molecule has 0 unspecified atom stereocenters. The van der Waals surface area contributed by atoms with E-state index < -0.39 is 0 Å². The van der Waals surface area contributed by atoms with Crippen LogP contribution in [0.1, 0.15) is 47.2 Å². The Morgan fingerprint density at radius 2 is 1.72 bits per heavy atom. The molecule has 2 aromatic rings. The quantitative estimate of drug-likeness (QED) is 0.808. The number of rotatable bonds is 4. The lowest BCUT2D eigenvalue weighted by Gasteiger charge is -2.19. The predicted molar refractivity (Wildman–Crippen MR) is 104 cm³/mol. The molecule has 1 fully saturated rings. The van der Waals surface area contributed by atoms with E-state index in [1.165, 1.54) is 44.3 Å². The van der Waals surface area contributed by atoms with Gasteiger partial charge in [0.25, 0.3) is 5.91 Å². The third kappa shape index (κ3) is 5.07. The molecule has 1 aliphatic heterocycles. The molecule has 2 aromatic carbocycles. The number of likely N-dealkylation sites (tertiary alicyclic amines) is 1. The molecule has 1 N–H and O–H groups in total. The molecule has 1 aliphatic rings. The van der Waals surface area contributed by atoms with Crippen molar-refractivity contribution in [1.29, 1.82) is 0 Å². The SMILES string of the molecule is Cc1cc(Cl)ccc1NC(=O)c1ccc(CN2CCCCCC2)cc1. The standard InChI is InChI=1S/C21H25ClN2O/c1-16-14-19(22)10-11-20(16)23-21(25)18-8-6-17(7-9-18)15-24-12-4-2-3-5-13-24/h6-11,14H,2-5,12-13,15H2,1H3,(H,23,25). The summed E-state index contributed by atoms with van der Waals surface area (Å²) in [5.41, 5.74) is 3.69. The Balaban J connectivity index is 1.62. The Morgan fingerprint density at radius 1 is 1.04 bits per heavy atom. The number of aryl methyl sites for hydroxylation is 1. The van der Waals surface area contributed by atoms with Gasteiger partial charge in [-0.25, -0.2) is 0 Å². The molecule has 0 aliphatic carbocycles. The zero-order chi connectivity index (χ0) is 17.6. The van der Waals surface area contributed by atoms with Crippen molar-refractivity contribution < 1.29 is 4.79 Å². The van der Waals surface area contributed by atoms with Gasteiger partial charge < -0.3 is 5.32 Å². The number of nitrogens with one attached hydrogen (secondary N) is 1. The molecule has 0 atom stereocenters. The third-order valence-electron chi connectivity index (χ3n) is 4.76. The molecule has 0 bridgehead atoms. The second-order valence-electron chi connectivity index (χ2n) is 6.80. The number of amides is 1. The van der Waals surface area contributed by atoms with Crippen molar-refractivity contribution in [2.45, 2.75) is 39.2 Å². The van der Waals surface area contributed by atoms with E-state index in [1.807, 2.05) is 31.2 Å². The van der Waals surface area contributed by atoms with Gasteiger partial charge in [-0.15, -0.1) is 0 Å². The van der Waals surface area contributed by atoms with E-state index in [4.69, 9.17) is 11.6 Å². The largest absolute Gasteiger partial charge is 0.322 e. The molecule has 0 aromatic heterocycles. The van der Waals surface area contributed by atoms with Crippen LogP contribution < -0.4 is 5.32 Å². The number of nitrogens with zero attached hydrogens (tertiary/aromatic N) is 1. The summed E-state index contributed by atoms with van der Waals surface area (Å²) >= 11 is 5.96. The monoisotopic (exact) mass is 356 g/mol. The van der Waals surface area contributed by atoms with Crippen molar-refractivity contribution in [3.8, 4) is 0 Å². The molecular weight excluding hydrogens is 332 g/mol. The van der Waals surface area contributed by atoms with Crippen molar-refractivity contribution in [2.24, 2.45) is 0 Å². The van der Waals surface area contributed by atoms with Crippen LogP contribution in [0.3, 0.4) is 0 Å². The number of carbonyl (C=O) groups excluding carboxylic acids is 1. The first kappa shape index (κ1) is 18.0. The van der Waals surface area contributed by atoms with E-state index in [1.54, 1.807) is 6.07 Å². The fourth-order valence-corrected chi connectivity index (χ4v) is 3.50. The Morgan fingerprint density at radius 3 is 2.36 bits per heavy atom. The zero-order valence-corrected chi connectivity index (χ0v) is 15.5. The van der Waals surface area contributed by atoms with Gasteiger partial charge >= 0.3 is 0 Å². The minimum Gasteiger partial charge on any atom is -0.322 e. The first-order valence-electron chi connectivity index (χ1n) is 9.00. The van der Waals surface area contributed by atoms with Gasteiger partial charge in [-0.1, -0.05) is 36.6 Å². The Bertz CT molecular complexity index is 719. The van der Waals surface area contributed by atoms with Crippen molar-refractivity contribution >= 4 is 23.2 Å². The number of hydrogen-bond donors (Lipinski definition) is 1. The van der Waals surface area contributed by atoms with Crippen LogP contribution in [0.2, 0.25) is 5.02 Å². The van der Waals surface area contributed by atoms with Gasteiger partial charge in [0.05, 0.1) is 0 Å². The highest BCUT2D eigenvalue weighted by molar-refractivity contribution is 6.30. The number of carbonyl (C=O) groups is 1. The van der Waals surface area contributed by atoms with Gasteiger partial charge in [0.2, 0.25) is 0 Å². The van der Waals surface area contributed by atoms with Crippen LogP contribution in [0.25, 0.3) is 0 Å². The number of halogens is 1. The fourth-order valence-electron chi connectivity index (χ4n) is 3.28. The van der Waals surface area contributed by atoms with Gasteiger partial charge in [0.15, 0.2) is 0 Å². The summed E-state index contributed by atoms with van der Waals surface area (Å²) in [4.78, 5) is 15.0. The normalized spacial score (nSPS) is 15.6. The van der Waals surface area contributed by atoms with Crippen LogP contribution >= 0.6 is 11.6 Å². The predicted octanol–water partition coefficient (Wildman–Crippen LogP) is 5.28. The third-order valence-corrected chi connectivity index (χ3v) is 4.99. The van der Waals surface area contributed by atoms with Gasteiger partial charge in [0, 0.05) is 22.8 Å². The summed E-state index contributed by atoms with van der Waals surface area (Å²) in [6.07, 6.45) is 5.28. The molecule has 4 heteroatoms. The summed E-state index contributed by atoms with van der Waals surface area (Å²) in [6.45, 7) is 5.26. The van der Waals surface area contributed by atoms with Crippen LogP contribution in [-0.2, 0) is 6.54 Å². The maximum atomic E-state index is 12.4. The van der Waals surface area contributed by atoms with E-state index in [2.05, 4.69) is 22.3 Å². The van der Waals surface area contributed by atoms with Crippen molar-refractivity contribution in [3.05, 3.63) is 64.2 Å². The highest BCUT2D eigenvalue weighted by atomic mass is 35.5. The van der Waals surface area contributed by atoms with Gasteiger partial charge in [0.1, 0.15) is 0 Å². The van der Waals surface area contributed by atoms with Crippen molar-refractivity contribution in [3.63, 3.8) is 0 Å². The van der Waals surface area contributed by atoms with Crippen LogP contribution in [0.5, 0.6) is 0 Å². The second-order valence-corrected chi connectivity index (χ2v) is 7.24. The Labute approximate surface area is 155 Å². The molecule has 1 heterocycles. The van der Waals surface area contributed by atoms with Crippen LogP contribution in [0.15, 0.2) is 42.5 Å². The van der Waals surface area contributed by atoms with E-state index in [9.17, 15) is 4.79 Å². The summed E-state index contributed by atoms with van der Waals surface area (Å²) in [5, 5.41) is 3.63. The summed E-state index contributed by atoms with van der Waals surface area (Å²) in [7, 11) is 0. The zero-order valence-electron chi connectivity index (χ0n) is 14.7. The van der Waals surface area contributed by atoms with Crippen LogP contribution in [0, 0.1) is 6.92 Å². The molecule has 132 valence electrons. The molecule has 0 radical (unpaired) electrons. The molecule has 0 spiro atoms. The molecule has 3 rings (SSSR count). The highest BCUT2D eigenvalue weighted by Crippen LogP contribution is 2.20. The summed E-state index contributed by atoms with van der Waals surface area (Å²) in [6, 6.07) is 13.4. The molecule has 3 nitrogen and oxygen atoms in total. The first-order valence-corrected chi connectivity index (χ1v) is 9.38. The van der Waals surface area contributed by atoms with Gasteiger partial charge in [-0.3, -0.25) is 9.69 Å². The number of benzene rings is 2. The molecule has 1 saturated heterocycles. The minimum absolute atomic E-state index is 0.0910. The molecule has 25 heavy (non-hydrogen) atoms. The lowest BCUT2D eigenvalue weighted by Crippen LogP contribution is -2.24. The molecule has 1 amide bonds. The Hall–Kier alpha value is -1.84. The summed E-state index contributed by atoms with van der Waals surface area (Å²) < 4.78 is 0. The van der Waals surface area contributed by atoms with Crippen molar-refractivity contribution in [2.75, 3.05) is 18.4 Å². The molecule has 0 saturated carbocycles. The fraction of sp³-hybridized carbons (Fsp3) is 0.381. The number of anilines is 1. The topological polar surface area (TPSA) is 32.3 Å². The minimum atomic E-state index is -0.0910. The number of hydrogen-bond acceptors (Lipinski definition) is 2. The van der Waals surface area contributed by atoms with Crippen LogP contribution in [0.4, 0.5) is 5.69 Å². The van der Waals surface area contributed by atoms with E-state index in [-0.39, 0.29) is 5.91 Å². The van der Waals surface area contributed by atoms with Crippen LogP contribution in [-0.4, -0.2) is 23.9 Å². The van der Waals surface area contributed by atoms with Gasteiger partial charge in [-0.05, 0) is 74.3 Å². The van der Waals surface area contributed by atoms with E-state index in [0.717, 1.165) is 17.8 Å². The lowest BCUT2D eigenvalue weighted by atomic mass is 10.1. The van der Waals surface area contributed by atoms with E-state index >= 15 is 0 Å².